The number of nitrogens with zero attached hydrogens (tertiary/aromatic N) is 2. The first-order valence-electron chi connectivity index (χ1n) is 9.25. The predicted molar refractivity (Wildman–Crippen MR) is 98.4 cm³/mol. The average molecular weight is 362 g/mol. The van der Waals surface area contributed by atoms with E-state index in [1.54, 1.807) is 19.1 Å². The van der Waals surface area contributed by atoms with Gasteiger partial charge in [-0.25, -0.2) is 4.39 Å². The summed E-state index contributed by atoms with van der Waals surface area (Å²) in [5.74, 6) is -0.380. The highest BCUT2D eigenvalue weighted by atomic mass is 19.1. The van der Waals surface area contributed by atoms with Crippen LogP contribution in [-0.4, -0.2) is 66.4 Å². The molecule has 6 nitrogen and oxygen atoms in total. The van der Waals surface area contributed by atoms with Crippen LogP contribution in [0.4, 0.5) is 10.1 Å². The number of carbonyl (C=O) groups is 2. The number of hydrogen-bond acceptors (Lipinski definition) is 4. The third-order valence-electron chi connectivity index (χ3n) is 5.08. The van der Waals surface area contributed by atoms with Crippen molar-refractivity contribution in [1.82, 2.24) is 15.1 Å². The Morgan fingerprint density at radius 3 is 2.54 bits per heavy atom. The van der Waals surface area contributed by atoms with E-state index in [1.165, 1.54) is 6.07 Å². The van der Waals surface area contributed by atoms with Crippen LogP contribution in [0.5, 0.6) is 0 Å². The van der Waals surface area contributed by atoms with Crippen molar-refractivity contribution in [2.75, 3.05) is 38.0 Å². The molecule has 2 amide bonds. The van der Waals surface area contributed by atoms with Gasteiger partial charge in [-0.3, -0.25) is 19.4 Å². The first kappa shape index (κ1) is 18.8. The van der Waals surface area contributed by atoms with Crippen molar-refractivity contribution in [1.29, 1.82) is 0 Å². The van der Waals surface area contributed by atoms with Gasteiger partial charge in [0.25, 0.3) is 0 Å². The molecule has 1 aromatic rings. The molecule has 142 valence electrons. The molecule has 26 heavy (non-hydrogen) atoms. The molecular formula is C19H27FN4O2. The molecule has 0 aromatic heterocycles. The van der Waals surface area contributed by atoms with Crippen LogP contribution in [0.25, 0.3) is 0 Å². The Kier molecular flexibility index (Phi) is 5.88. The lowest BCUT2D eigenvalue weighted by Gasteiger charge is -2.37. The Labute approximate surface area is 153 Å². The summed E-state index contributed by atoms with van der Waals surface area (Å²) < 4.78 is 13.6. The van der Waals surface area contributed by atoms with Crippen molar-refractivity contribution in [3.63, 3.8) is 0 Å². The first-order chi connectivity index (χ1) is 12.4. The first-order valence-corrected chi connectivity index (χ1v) is 9.25. The van der Waals surface area contributed by atoms with Crippen LogP contribution in [-0.2, 0) is 9.59 Å². The third kappa shape index (κ3) is 5.02. The van der Waals surface area contributed by atoms with Crippen molar-refractivity contribution in [3.8, 4) is 0 Å². The molecule has 7 heteroatoms. The van der Waals surface area contributed by atoms with E-state index in [-0.39, 0.29) is 23.7 Å². The van der Waals surface area contributed by atoms with Crippen molar-refractivity contribution in [2.24, 2.45) is 0 Å². The summed E-state index contributed by atoms with van der Waals surface area (Å²) in [6, 6.07) is 4.79. The summed E-state index contributed by atoms with van der Waals surface area (Å²) in [4.78, 5) is 28.5. The zero-order valence-electron chi connectivity index (χ0n) is 15.4. The highest BCUT2D eigenvalue weighted by Gasteiger charge is 2.28. The lowest BCUT2D eigenvalue weighted by Crippen LogP contribution is -2.54. The van der Waals surface area contributed by atoms with Crippen molar-refractivity contribution in [2.45, 2.75) is 38.8 Å². The van der Waals surface area contributed by atoms with Gasteiger partial charge in [0, 0.05) is 37.9 Å². The van der Waals surface area contributed by atoms with E-state index in [0.717, 1.165) is 39.0 Å². The maximum absolute atomic E-state index is 13.6. The van der Waals surface area contributed by atoms with Crippen LogP contribution in [0.15, 0.2) is 18.2 Å². The molecule has 1 heterocycles. The standard InChI is InChI=1S/C19H27FN4O2/c1-13-3-4-16(11-17(13)20)22-19(26)14(2)24-9-7-23(8-10-24)12-18(25)21-15-5-6-15/h3-4,11,14-15H,5-10,12H2,1-2H3,(H,21,25)(H,22,26)/t14-/m0/s1. The molecule has 1 saturated carbocycles. The Balaban J connectivity index is 1.44. The normalized spacial score (nSPS) is 19.8. The summed E-state index contributed by atoms with van der Waals surface area (Å²) >= 11 is 0. The third-order valence-corrected chi connectivity index (χ3v) is 5.08. The Morgan fingerprint density at radius 2 is 1.92 bits per heavy atom. The summed E-state index contributed by atoms with van der Waals surface area (Å²) in [5.41, 5.74) is 1.03. The van der Waals surface area contributed by atoms with Crippen LogP contribution in [0.3, 0.4) is 0 Å². The summed E-state index contributed by atoms with van der Waals surface area (Å²) in [6.45, 7) is 6.95. The highest BCUT2D eigenvalue weighted by molar-refractivity contribution is 5.94. The number of piperazine rings is 1. The van der Waals surface area contributed by atoms with Crippen molar-refractivity contribution in [3.05, 3.63) is 29.6 Å². The van der Waals surface area contributed by atoms with Crippen molar-refractivity contribution >= 4 is 17.5 Å². The molecule has 0 unspecified atom stereocenters. The molecule has 0 spiro atoms. The van der Waals surface area contributed by atoms with Gasteiger partial charge in [0.1, 0.15) is 5.82 Å². The predicted octanol–water partition coefficient (Wildman–Crippen LogP) is 1.36. The highest BCUT2D eigenvalue weighted by Crippen LogP contribution is 2.18. The average Bonchev–Trinajstić information content (AvgIpc) is 3.42. The van der Waals surface area contributed by atoms with Gasteiger partial charge in [-0.05, 0) is 44.4 Å². The van der Waals surface area contributed by atoms with E-state index in [1.807, 2.05) is 6.92 Å². The Morgan fingerprint density at radius 1 is 1.23 bits per heavy atom. The molecule has 1 saturated heterocycles. The minimum atomic E-state index is -0.325. The van der Waals surface area contributed by atoms with E-state index >= 15 is 0 Å². The fourth-order valence-electron chi connectivity index (χ4n) is 3.10. The van der Waals surface area contributed by atoms with Gasteiger partial charge in [-0.2, -0.15) is 0 Å². The van der Waals surface area contributed by atoms with Crippen LogP contribution < -0.4 is 10.6 Å². The molecule has 1 atom stereocenters. The van der Waals surface area contributed by atoms with Crippen LogP contribution in [0, 0.1) is 12.7 Å². The molecule has 0 radical (unpaired) electrons. The van der Waals surface area contributed by atoms with E-state index in [9.17, 15) is 14.0 Å². The number of rotatable bonds is 6. The lowest BCUT2D eigenvalue weighted by atomic mass is 10.2. The molecule has 0 bridgehead atoms. The van der Waals surface area contributed by atoms with E-state index in [4.69, 9.17) is 0 Å². The molecule has 3 rings (SSSR count). The lowest BCUT2D eigenvalue weighted by molar-refractivity contribution is -0.124. The number of halogens is 1. The fraction of sp³-hybridized carbons (Fsp3) is 0.579. The Bertz CT molecular complexity index is 670. The number of benzene rings is 1. The summed E-state index contributed by atoms with van der Waals surface area (Å²) in [6.07, 6.45) is 2.19. The molecule has 2 aliphatic rings. The summed E-state index contributed by atoms with van der Waals surface area (Å²) in [5, 5.41) is 5.78. The smallest absolute Gasteiger partial charge is 0.241 e. The maximum Gasteiger partial charge on any atom is 0.241 e. The van der Waals surface area contributed by atoms with Crippen molar-refractivity contribution < 1.29 is 14.0 Å². The molecule has 1 aliphatic carbocycles. The quantitative estimate of drug-likeness (QED) is 0.802. The molecule has 1 aliphatic heterocycles. The van der Waals surface area contributed by atoms with Gasteiger partial charge in [0.2, 0.25) is 11.8 Å². The largest absolute Gasteiger partial charge is 0.352 e. The molecule has 2 fully saturated rings. The second-order valence-corrected chi connectivity index (χ2v) is 7.28. The molecular weight excluding hydrogens is 335 g/mol. The van der Waals surface area contributed by atoms with E-state index in [0.29, 0.717) is 23.8 Å². The van der Waals surface area contributed by atoms with E-state index < -0.39 is 0 Å². The minimum Gasteiger partial charge on any atom is -0.352 e. The minimum absolute atomic E-state index is 0.0909. The summed E-state index contributed by atoms with van der Waals surface area (Å²) in [7, 11) is 0. The second-order valence-electron chi connectivity index (χ2n) is 7.28. The number of anilines is 1. The van der Waals surface area contributed by atoms with Gasteiger partial charge in [-0.1, -0.05) is 6.07 Å². The second kappa shape index (κ2) is 8.14. The van der Waals surface area contributed by atoms with Gasteiger partial charge >= 0.3 is 0 Å². The van der Waals surface area contributed by atoms with E-state index in [2.05, 4.69) is 20.4 Å². The number of amides is 2. The van der Waals surface area contributed by atoms with Crippen LogP contribution >= 0.6 is 0 Å². The zero-order chi connectivity index (χ0) is 18.7. The molecule has 1 aromatic carbocycles. The van der Waals surface area contributed by atoms with Gasteiger partial charge < -0.3 is 10.6 Å². The van der Waals surface area contributed by atoms with Crippen LogP contribution in [0.2, 0.25) is 0 Å². The fourth-order valence-corrected chi connectivity index (χ4v) is 3.10. The topological polar surface area (TPSA) is 64.7 Å². The molecule has 2 N–H and O–H groups in total. The number of nitrogens with one attached hydrogen (secondary N) is 2. The van der Waals surface area contributed by atoms with Gasteiger partial charge in [0.05, 0.1) is 12.6 Å². The van der Waals surface area contributed by atoms with Crippen LogP contribution in [0.1, 0.15) is 25.3 Å². The van der Waals surface area contributed by atoms with Gasteiger partial charge in [-0.15, -0.1) is 0 Å². The number of carbonyl (C=O) groups excluding carboxylic acids is 2. The number of aryl methyl sites for hydroxylation is 1. The SMILES string of the molecule is Cc1ccc(NC(=O)[C@H](C)N2CCN(CC(=O)NC3CC3)CC2)cc1F. The van der Waals surface area contributed by atoms with Gasteiger partial charge in [0.15, 0.2) is 0 Å². The maximum atomic E-state index is 13.6. The number of hydrogen-bond donors (Lipinski definition) is 2. The monoisotopic (exact) mass is 362 g/mol. The zero-order valence-corrected chi connectivity index (χ0v) is 15.4. The Hall–Kier alpha value is -1.99.